The highest BCUT2D eigenvalue weighted by Crippen LogP contribution is 2.46. The van der Waals surface area contributed by atoms with Crippen LogP contribution in [0.1, 0.15) is 61.0 Å². The van der Waals surface area contributed by atoms with E-state index in [9.17, 15) is 18.4 Å². The van der Waals surface area contributed by atoms with Crippen LogP contribution in [0.2, 0.25) is 0 Å². The van der Waals surface area contributed by atoms with Crippen molar-refractivity contribution in [3.8, 4) is 11.1 Å². The van der Waals surface area contributed by atoms with Gasteiger partial charge in [-0.3, -0.25) is 9.59 Å². The molecule has 5 rings (SSSR count). The maximum Gasteiger partial charge on any atom is 0.253 e. The fraction of sp³-hybridized carbons (Fsp3) is 0.355. The summed E-state index contributed by atoms with van der Waals surface area (Å²) < 4.78 is 26.5. The molecule has 192 valence electrons. The Morgan fingerprint density at radius 1 is 0.865 bits per heavy atom. The van der Waals surface area contributed by atoms with Crippen molar-refractivity contribution < 1.29 is 18.4 Å². The number of rotatable bonds is 7. The first kappa shape index (κ1) is 25.1. The lowest BCUT2D eigenvalue weighted by molar-refractivity contribution is -0.135. The molecule has 0 unspecified atom stereocenters. The van der Waals surface area contributed by atoms with E-state index in [-0.39, 0.29) is 29.5 Å². The van der Waals surface area contributed by atoms with Crippen LogP contribution < -0.4 is 5.32 Å². The van der Waals surface area contributed by atoms with Crippen LogP contribution in [-0.2, 0) is 4.79 Å². The van der Waals surface area contributed by atoms with Gasteiger partial charge in [0, 0.05) is 18.7 Å². The van der Waals surface area contributed by atoms with Crippen LogP contribution in [-0.4, -0.2) is 29.8 Å². The summed E-state index contributed by atoms with van der Waals surface area (Å²) in [6, 6.07) is 19.7. The fourth-order valence-electron chi connectivity index (χ4n) is 5.35. The topological polar surface area (TPSA) is 49.4 Å². The van der Waals surface area contributed by atoms with Gasteiger partial charge in [-0.25, -0.2) is 8.78 Å². The van der Waals surface area contributed by atoms with Gasteiger partial charge in [0.1, 0.15) is 11.6 Å². The molecule has 1 aliphatic carbocycles. The molecule has 2 amide bonds. The third-order valence-electron chi connectivity index (χ3n) is 7.89. The largest absolute Gasteiger partial charge is 0.349 e. The molecule has 6 heteroatoms. The zero-order valence-electron chi connectivity index (χ0n) is 21.1. The summed E-state index contributed by atoms with van der Waals surface area (Å²) in [6.45, 7) is 2.98. The molecule has 1 N–H and O–H groups in total. The van der Waals surface area contributed by atoms with Crippen molar-refractivity contribution in [2.45, 2.75) is 45.1 Å². The minimum Gasteiger partial charge on any atom is -0.349 e. The van der Waals surface area contributed by atoms with Crippen LogP contribution >= 0.6 is 0 Å². The van der Waals surface area contributed by atoms with Crippen molar-refractivity contribution >= 4 is 11.8 Å². The van der Waals surface area contributed by atoms with E-state index in [4.69, 9.17) is 0 Å². The van der Waals surface area contributed by atoms with Gasteiger partial charge in [-0.15, -0.1) is 0 Å². The van der Waals surface area contributed by atoms with Gasteiger partial charge in [-0.05, 0) is 85.2 Å². The number of hydrogen-bond acceptors (Lipinski definition) is 2. The van der Waals surface area contributed by atoms with Gasteiger partial charge >= 0.3 is 0 Å². The van der Waals surface area contributed by atoms with E-state index in [1.54, 1.807) is 24.3 Å². The fourth-order valence-corrected chi connectivity index (χ4v) is 5.35. The van der Waals surface area contributed by atoms with Crippen LogP contribution in [0.3, 0.4) is 0 Å². The first-order valence-corrected chi connectivity index (χ1v) is 13.0. The Labute approximate surface area is 216 Å². The van der Waals surface area contributed by atoms with Crippen molar-refractivity contribution in [3.63, 3.8) is 0 Å². The van der Waals surface area contributed by atoms with E-state index in [0.29, 0.717) is 37.4 Å². The summed E-state index contributed by atoms with van der Waals surface area (Å²) in [6.07, 6.45) is 4.43. The van der Waals surface area contributed by atoms with Gasteiger partial charge in [-0.1, -0.05) is 49.2 Å². The molecule has 1 saturated carbocycles. The van der Waals surface area contributed by atoms with E-state index < -0.39 is 5.41 Å². The normalized spacial score (nSPS) is 17.8. The van der Waals surface area contributed by atoms with Gasteiger partial charge in [-0.2, -0.15) is 0 Å². The standard InChI is InChI=1S/C31H32F2N2O2/c1-21(23-8-12-27(32)13-9-23)34-30(37)31(20-22-2-3-22)16-18-35(19-17-31)29(36)26-6-4-24(5-7-26)25-10-14-28(33)15-11-25/h4-15,21-22H,2-3,16-20H2,1H3,(H,34,37)/t21-/m0/s1. The lowest BCUT2D eigenvalue weighted by Crippen LogP contribution is -2.50. The SMILES string of the molecule is C[C@H](NC(=O)C1(CC2CC2)CCN(C(=O)c2ccc(-c3ccc(F)cc3)cc2)CC1)c1ccc(F)cc1. The Kier molecular flexibility index (Phi) is 7.09. The van der Waals surface area contributed by atoms with Crippen molar-refractivity contribution in [1.82, 2.24) is 10.2 Å². The molecule has 0 spiro atoms. The van der Waals surface area contributed by atoms with E-state index in [2.05, 4.69) is 5.32 Å². The minimum atomic E-state index is -0.487. The van der Waals surface area contributed by atoms with Crippen LogP contribution in [0.5, 0.6) is 0 Å². The smallest absolute Gasteiger partial charge is 0.253 e. The number of hydrogen-bond donors (Lipinski definition) is 1. The van der Waals surface area contributed by atoms with Gasteiger partial charge in [0.05, 0.1) is 11.5 Å². The van der Waals surface area contributed by atoms with E-state index in [0.717, 1.165) is 36.0 Å². The second kappa shape index (κ2) is 10.4. The molecule has 2 fully saturated rings. The van der Waals surface area contributed by atoms with E-state index in [1.165, 1.54) is 24.3 Å². The number of benzene rings is 3. The first-order valence-electron chi connectivity index (χ1n) is 13.0. The number of amides is 2. The van der Waals surface area contributed by atoms with Gasteiger partial charge in [0.15, 0.2) is 0 Å². The molecule has 0 bridgehead atoms. The van der Waals surface area contributed by atoms with E-state index in [1.807, 2.05) is 36.1 Å². The summed E-state index contributed by atoms with van der Waals surface area (Å²) in [5.41, 5.74) is 2.80. The predicted octanol–water partition coefficient (Wildman–Crippen LogP) is 6.53. The number of nitrogens with one attached hydrogen (secondary N) is 1. The Hall–Kier alpha value is -3.54. The lowest BCUT2D eigenvalue weighted by atomic mass is 9.73. The Bertz CT molecular complexity index is 1240. The minimum absolute atomic E-state index is 0.0342. The summed E-state index contributed by atoms with van der Waals surface area (Å²) in [5, 5.41) is 3.17. The molecule has 3 aromatic rings. The Morgan fingerprint density at radius 2 is 1.38 bits per heavy atom. The third-order valence-corrected chi connectivity index (χ3v) is 7.89. The average Bonchev–Trinajstić information content (AvgIpc) is 3.73. The van der Waals surface area contributed by atoms with E-state index >= 15 is 0 Å². The number of halogens is 2. The molecule has 1 aliphatic heterocycles. The van der Waals surface area contributed by atoms with Crippen molar-refractivity contribution in [2.75, 3.05) is 13.1 Å². The maximum atomic E-state index is 13.6. The molecule has 3 aromatic carbocycles. The molecular formula is C31H32F2N2O2. The molecule has 1 saturated heterocycles. The molecule has 4 nitrogen and oxygen atoms in total. The quantitative estimate of drug-likeness (QED) is 0.399. The van der Waals surface area contributed by atoms with Crippen molar-refractivity contribution in [3.05, 3.63) is 95.6 Å². The molecule has 37 heavy (non-hydrogen) atoms. The highest BCUT2D eigenvalue weighted by molar-refractivity contribution is 5.95. The second-order valence-electron chi connectivity index (χ2n) is 10.6. The van der Waals surface area contributed by atoms with Crippen LogP contribution in [0, 0.1) is 23.0 Å². The molecule has 0 aromatic heterocycles. The number of likely N-dealkylation sites (tertiary alicyclic amines) is 1. The lowest BCUT2D eigenvalue weighted by Gasteiger charge is -2.41. The number of carbonyl (C=O) groups excluding carboxylic acids is 2. The second-order valence-corrected chi connectivity index (χ2v) is 10.6. The van der Waals surface area contributed by atoms with Crippen molar-refractivity contribution in [1.29, 1.82) is 0 Å². The van der Waals surface area contributed by atoms with Crippen LogP contribution in [0.4, 0.5) is 8.78 Å². The average molecular weight is 503 g/mol. The molecule has 0 radical (unpaired) electrons. The summed E-state index contributed by atoms with van der Waals surface area (Å²) >= 11 is 0. The summed E-state index contributed by atoms with van der Waals surface area (Å²) in [7, 11) is 0. The van der Waals surface area contributed by atoms with Gasteiger partial charge in [0.25, 0.3) is 5.91 Å². The monoisotopic (exact) mass is 502 g/mol. The van der Waals surface area contributed by atoms with Crippen molar-refractivity contribution in [2.24, 2.45) is 11.3 Å². The molecule has 2 aliphatic rings. The number of nitrogens with zero attached hydrogens (tertiary/aromatic N) is 1. The maximum absolute atomic E-state index is 13.6. The molecule has 1 heterocycles. The highest BCUT2D eigenvalue weighted by atomic mass is 19.1. The van der Waals surface area contributed by atoms with Gasteiger partial charge in [0.2, 0.25) is 5.91 Å². The summed E-state index contributed by atoms with van der Waals surface area (Å²) in [5.74, 6) is -0.00232. The number of piperidine rings is 1. The predicted molar refractivity (Wildman–Crippen MR) is 140 cm³/mol. The highest BCUT2D eigenvalue weighted by Gasteiger charge is 2.46. The Balaban J connectivity index is 1.24. The van der Waals surface area contributed by atoms with Crippen LogP contribution in [0.25, 0.3) is 11.1 Å². The van der Waals surface area contributed by atoms with Crippen LogP contribution in [0.15, 0.2) is 72.8 Å². The summed E-state index contributed by atoms with van der Waals surface area (Å²) in [4.78, 5) is 28.6. The third kappa shape index (κ3) is 5.74. The van der Waals surface area contributed by atoms with Gasteiger partial charge < -0.3 is 10.2 Å². The zero-order chi connectivity index (χ0) is 26.0. The zero-order valence-corrected chi connectivity index (χ0v) is 21.1. The molecular weight excluding hydrogens is 470 g/mol. The first-order chi connectivity index (χ1) is 17.8. The molecule has 1 atom stereocenters. The number of carbonyl (C=O) groups is 2. The Morgan fingerprint density at radius 3 is 1.92 bits per heavy atom.